The molecule has 126 valence electrons. The van der Waals surface area contributed by atoms with Gasteiger partial charge in [-0.1, -0.05) is 23.7 Å². The number of aryl methyl sites for hydroxylation is 1. The molecule has 0 fully saturated rings. The summed E-state index contributed by atoms with van der Waals surface area (Å²) in [5.74, 6) is 0.474. The molecule has 0 saturated carbocycles. The Morgan fingerprint density at radius 1 is 1.17 bits per heavy atom. The van der Waals surface area contributed by atoms with E-state index in [1.807, 2.05) is 36.4 Å². The van der Waals surface area contributed by atoms with Crippen molar-refractivity contribution >= 4 is 23.3 Å². The number of halogens is 1. The molecule has 1 heterocycles. The van der Waals surface area contributed by atoms with Gasteiger partial charge in [0.1, 0.15) is 13.2 Å². The van der Waals surface area contributed by atoms with Crippen molar-refractivity contribution in [3.8, 4) is 11.5 Å². The molecule has 0 aliphatic carbocycles. The van der Waals surface area contributed by atoms with Crippen molar-refractivity contribution in [2.45, 2.75) is 19.4 Å². The maximum absolute atomic E-state index is 10.7. The second kappa shape index (κ2) is 7.45. The molecule has 2 aromatic carbocycles. The second-order valence-corrected chi connectivity index (χ2v) is 5.96. The summed E-state index contributed by atoms with van der Waals surface area (Å²) in [5, 5.41) is 12.6. The highest BCUT2D eigenvalue weighted by Gasteiger charge is 2.16. The SMILES string of the molecule is O=C(O)CCc1cccc(NCc2cc(Cl)c3c(c2)OCCO3)c1. The Kier molecular flexibility index (Phi) is 5.11. The largest absolute Gasteiger partial charge is 0.486 e. The molecule has 0 amide bonds. The van der Waals surface area contributed by atoms with Crippen LogP contribution in [0.3, 0.4) is 0 Å². The van der Waals surface area contributed by atoms with Gasteiger partial charge < -0.3 is 19.9 Å². The fourth-order valence-corrected chi connectivity index (χ4v) is 2.85. The summed E-state index contributed by atoms with van der Waals surface area (Å²) >= 11 is 6.24. The highest BCUT2D eigenvalue weighted by atomic mass is 35.5. The van der Waals surface area contributed by atoms with Crippen LogP contribution in [0.1, 0.15) is 17.5 Å². The first-order valence-electron chi connectivity index (χ1n) is 7.74. The first-order chi connectivity index (χ1) is 11.6. The smallest absolute Gasteiger partial charge is 0.303 e. The Morgan fingerprint density at radius 3 is 2.83 bits per heavy atom. The van der Waals surface area contributed by atoms with Crippen LogP contribution in [0.2, 0.25) is 5.02 Å². The second-order valence-electron chi connectivity index (χ2n) is 5.55. The summed E-state index contributed by atoms with van der Waals surface area (Å²) in [6.07, 6.45) is 0.641. The average molecular weight is 348 g/mol. The van der Waals surface area contributed by atoms with Gasteiger partial charge in [0.15, 0.2) is 11.5 Å². The Morgan fingerprint density at radius 2 is 2.00 bits per heavy atom. The van der Waals surface area contributed by atoms with Crippen molar-refractivity contribution in [3.63, 3.8) is 0 Å². The summed E-state index contributed by atoms with van der Waals surface area (Å²) in [7, 11) is 0. The van der Waals surface area contributed by atoms with Crippen LogP contribution >= 0.6 is 11.6 Å². The topological polar surface area (TPSA) is 67.8 Å². The predicted molar refractivity (Wildman–Crippen MR) is 92.2 cm³/mol. The minimum absolute atomic E-state index is 0.126. The van der Waals surface area contributed by atoms with Gasteiger partial charge in [0, 0.05) is 18.7 Å². The van der Waals surface area contributed by atoms with E-state index >= 15 is 0 Å². The number of carboxylic acid groups (broad SMARTS) is 1. The van der Waals surface area contributed by atoms with E-state index in [2.05, 4.69) is 5.32 Å². The number of anilines is 1. The Labute approximate surface area is 145 Å². The highest BCUT2D eigenvalue weighted by molar-refractivity contribution is 6.32. The minimum Gasteiger partial charge on any atom is -0.486 e. The standard InChI is InChI=1S/C18H18ClNO4/c19-15-9-13(10-16-18(15)24-7-6-23-16)11-20-14-3-1-2-12(8-14)4-5-17(21)22/h1-3,8-10,20H,4-7,11H2,(H,21,22). The molecule has 1 aliphatic heterocycles. The average Bonchev–Trinajstić information content (AvgIpc) is 2.59. The van der Waals surface area contributed by atoms with Crippen LogP contribution in [0.15, 0.2) is 36.4 Å². The van der Waals surface area contributed by atoms with E-state index in [9.17, 15) is 4.79 Å². The van der Waals surface area contributed by atoms with Crippen molar-refractivity contribution in [3.05, 3.63) is 52.5 Å². The van der Waals surface area contributed by atoms with E-state index in [-0.39, 0.29) is 6.42 Å². The van der Waals surface area contributed by atoms with E-state index in [0.29, 0.717) is 42.7 Å². The summed E-state index contributed by atoms with van der Waals surface area (Å²) < 4.78 is 11.1. The van der Waals surface area contributed by atoms with Gasteiger partial charge >= 0.3 is 5.97 Å². The first-order valence-corrected chi connectivity index (χ1v) is 8.12. The maximum atomic E-state index is 10.7. The quantitative estimate of drug-likeness (QED) is 0.833. The molecular weight excluding hydrogens is 330 g/mol. The number of nitrogens with one attached hydrogen (secondary N) is 1. The number of hydrogen-bond acceptors (Lipinski definition) is 4. The van der Waals surface area contributed by atoms with Crippen LogP contribution in [0.25, 0.3) is 0 Å². The molecule has 0 unspecified atom stereocenters. The third-order valence-corrected chi connectivity index (χ3v) is 3.99. The molecule has 6 heteroatoms. The number of hydrogen-bond donors (Lipinski definition) is 2. The number of carboxylic acids is 1. The molecule has 0 radical (unpaired) electrons. The van der Waals surface area contributed by atoms with Gasteiger partial charge in [0.2, 0.25) is 0 Å². The van der Waals surface area contributed by atoms with Gasteiger partial charge in [0.05, 0.1) is 5.02 Å². The predicted octanol–water partition coefficient (Wildman–Crippen LogP) is 3.74. The zero-order valence-electron chi connectivity index (χ0n) is 13.0. The molecule has 0 spiro atoms. The van der Waals surface area contributed by atoms with E-state index in [0.717, 1.165) is 16.8 Å². The summed E-state index contributed by atoms with van der Waals surface area (Å²) in [6.45, 7) is 1.61. The lowest BCUT2D eigenvalue weighted by Gasteiger charge is -2.20. The van der Waals surface area contributed by atoms with Crippen molar-refractivity contribution in [1.82, 2.24) is 0 Å². The van der Waals surface area contributed by atoms with E-state index in [1.165, 1.54) is 0 Å². The lowest BCUT2D eigenvalue weighted by molar-refractivity contribution is -0.136. The number of ether oxygens (including phenoxy) is 2. The molecule has 0 bridgehead atoms. The van der Waals surface area contributed by atoms with E-state index < -0.39 is 5.97 Å². The van der Waals surface area contributed by atoms with Crippen molar-refractivity contribution in [2.24, 2.45) is 0 Å². The molecular formula is C18H18ClNO4. The molecule has 1 aliphatic rings. The van der Waals surface area contributed by atoms with Gasteiger partial charge in [-0.25, -0.2) is 0 Å². The highest BCUT2D eigenvalue weighted by Crippen LogP contribution is 2.38. The van der Waals surface area contributed by atoms with Crippen LogP contribution in [0.5, 0.6) is 11.5 Å². The van der Waals surface area contributed by atoms with Gasteiger partial charge in [-0.15, -0.1) is 0 Å². The van der Waals surface area contributed by atoms with Gasteiger partial charge in [-0.05, 0) is 41.8 Å². The van der Waals surface area contributed by atoms with Crippen molar-refractivity contribution in [1.29, 1.82) is 0 Å². The molecule has 0 atom stereocenters. The third kappa shape index (κ3) is 4.11. The van der Waals surface area contributed by atoms with Crippen LogP contribution in [0.4, 0.5) is 5.69 Å². The Balaban J connectivity index is 1.66. The van der Waals surface area contributed by atoms with Gasteiger partial charge in [0.25, 0.3) is 0 Å². The summed E-state index contributed by atoms with van der Waals surface area (Å²) in [5.41, 5.74) is 2.91. The lowest BCUT2D eigenvalue weighted by Crippen LogP contribution is -2.16. The molecule has 5 nitrogen and oxygen atoms in total. The molecule has 2 aromatic rings. The molecule has 24 heavy (non-hydrogen) atoms. The Bertz CT molecular complexity index is 748. The summed E-state index contributed by atoms with van der Waals surface area (Å²) in [6, 6.07) is 11.5. The van der Waals surface area contributed by atoms with Gasteiger partial charge in [-0.2, -0.15) is 0 Å². The maximum Gasteiger partial charge on any atom is 0.303 e. The number of benzene rings is 2. The number of carbonyl (C=O) groups is 1. The molecule has 0 aromatic heterocycles. The lowest BCUT2D eigenvalue weighted by atomic mass is 10.1. The van der Waals surface area contributed by atoms with Crippen LogP contribution in [-0.2, 0) is 17.8 Å². The molecule has 2 N–H and O–H groups in total. The zero-order chi connectivity index (χ0) is 16.9. The number of fused-ring (bicyclic) bond motifs is 1. The normalized spacial score (nSPS) is 12.7. The summed E-state index contributed by atoms with van der Waals surface area (Å²) in [4.78, 5) is 10.7. The number of aliphatic carboxylic acids is 1. The van der Waals surface area contributed by atoms with Crippen LogP contribution in [-0.4, -0.2) is 24.3 Å². The monoisotopic (exact) mass is 347 g/mol. The molecule has 0 saturated heterocycles. The fraction of sp³-hybridized carbons (Fsp3) is 0.278. The molecule has 3 rings (SSSR count). The van der Waals surface area contributed by atoms with E-state index in [1.54, 1.807) is 0 Å². The van der Waals surface area contributed by atoms with Crippen molar-refractivity contribution in [2.75, 3.05) is 18.5 Å². The van der Waals surface area contributed by atoms with Crippen LogP contribution in [0, 0.1) is 0 Å². The third-order valence-electron chi connectivity index (χ3n) is 3.71. The van der Waals surface area contributed by atoms with E-state index in [4.69, 9.17) is 26.2 Å². The fourth-order valence-electron chi connectivity index (χ4n) is 2.56. The zero-order valence-corrected chi connectivity index (χ0v) is 13.8. The Hall–Kier alpha value is -2.40. The van der Waals surface area contributed by atoms with Crippen LogP contribution < -0.4 is 14.8 Å². The van der Waals surface area contributed by atoms with Crippen molar-refractivity contribution < 1.29 is 19.4 Å². The first kappa shape index (κ1) is 16.5. The number of rotatable bonds is 6. The van der Waals surface area contributed by atoms with Gasteiger partial charge in [-0.3, -0.25) is 4.79 Å². The minimum atomic E-state index is -0.792.